The number of fused-ring (bicyclic) bond motifs is 2. The normalized spacial score (nSPS) is 16.9. The number of aromatic nitrogens is 1. The molecule has 2 heterocycles. The van der Waals surface area contributed by atoms with E-state index in [0.717, 1.165) is 25.7 Å². The van der Waals surface area contributed by atoms with E-state index in [-0.39, 0.29) is 24.4 Å². The highest BCUT2D eigenvalue weighted by Gasteiger charge is 2.30. The first kappa shape index (κ1) is 16.6. The number of amides is 2. The van der Waals surface area contributed by atoms with Crippen molar-refractivity contribution >= 4 is 17.5 Å². The van der Waals surface area contributed by atoms with Crippen LogP contribution in [0.15, 0.2) is 42.6 Å². The lowest BCUT2D eigenvalue weighted by Gasteiger charge is -2.25. The topological polar surface area (TPSA) is 71.5 Å². The molecule has 4 rings (SSSR count). The Kier molecular flexibility index (Phi) is 4.56. The van der Waals surface area contributed by atoms with E-state index in [4.69, 9.17) is 4.74 Å². The first-order valence-electron chi connectivity index (χ1n) is 9.05. The molecule has 6 nitrogen and oxygen atoms in total. The molecular formula is C20H21N3O3. The van der Waals surface area contributed by atoms with Crippen LogP contribution in [0.4, 0.5) is 5.69 Å². The van der Waals surface area contributed by atoms with Crippen LogP contribution in [0.1, 0.15) is 42.5 Å². The summed E-state index contributed by atoms with van der Waals surface area (Å²) in [6.07, 6.45) is 7.12. The van der Waals surface area contributed by atoms with Crippen LogP contribution in [0.3, 0.4) is 0 Å². The molecular weight excluding hydrogens is 330 g/mol. The number of pyridine rings is 1. The third-order valence-corrected chi connectivity index (χ3v) is 4.88. The van der Waals surface area contributed by atoms with Crippen LogP contribution in [-0.2, 0) is 4.79 Å². The second-order valence-corrected chi connectivity index (χ2v) is 6.72. The summed E-state index contributed by atoms with van der Waals surface area (Å²) in [5.41, 5.74) is 0.934. The van der Waals surface area contributed by atoms with Crippen molar-refractivity contribution in [2.24, 2.45) is 0 Å². The van der Waals surface area contributed by atoms with Crippen molar-refractivity contribution in [3.05, 3.63) is 48.2 Å². The van der Waals surface area contributed by atoms with E-state index in [1.807, 2.05) is 0 Å². The summed E-state index contributed by atoms with van der Waals surface area (Å²) in [4.78, 5) is 31.3. The van der Waals surface area contributed by atoms with Gasteiger partial charge >= 0.3 is 0 Å². The van der Waals surface area contributed by atoms with E-state index < -0.39 is 0 Å². The minimum absolute atomic E-state index is 0.0499. The number of benzene rings is 1. The smallest absolute Gasteiger partial charge is 0.262 e. The SMILES string of the molecule is O=C(CN1C(=O)c2ccccc2Oc2ncccc21)NC1CCCCC1. The van der Waals surface area contributed by atoms with Gasteiger partial charge in [-0.3, -0.25) is 14.5 Å². The summed E-state index contributed by atoms with van der Waals surface area (Å²) >= 11 is 0. The van der Waals surface area contributed by atoms with Gasteiger partial charge in [-0.05, 0) is 37.1 Å². The van der Waals surface area contributed by atoms with Crippen LogP contribution in [-0.4, -0.2) is 29.4 Å². The third-order valence-electron chi connectivity index (χ3n) is 4.88. The zero-order valence-corrected chi connectivity index (χ0v) is 14.5. The van der Waals surface area contributed by atoms with Gasteiger partial charge in [-0.2, -0.15) is 0 Å². The average molecular weight is 351 g/mol. The van der Waals surface area contributed by atoms with Crippen molar-refractivity contribution < 1.29 is 14.3 Å². The molecule has 1 aromatic carbocycles. The number of nitrogens with one attached hydrogen (secondary N) is 1. The first-order valence-corrected chi connectivity index (χ1v) is 9.05. The number of carbonyl (C=O) groups is 2. The number of ether oxygens (including phenoxy) is 1. The minimum Gasteiger partial charge on any atom is -0.436 e. The van der Waals surface area contributed by atoms with E-state index in [1.54, 1.807) is 42.6 Å². The Morgan fingerprint density at radius 3 is 2.81 bits per heavy atom. The van der Waals surface area contributed by atoms with Gasteiger partial charge in [0.25, 0.3) is 5.91 Å². The molecule has 1 fully saturated rings. The maximum Gasteiger partial charge on any atom is 0.262 e. The zero-order chi connectivity index (χ0) is 17.9. The summed E-state index contributed by atoms with van der Waals surface area (Å²) in [6, 6.07) is 10.7. The molecule has 2 amide bonds. The Morgan fingerprint density at radius 1 is 1.15 bits per heavy atom. The van der Waals surface area contributed by atoms with Crippen LogP contribution in [0, 0.1) is 0 Å². The fourth-order valence-electron chi connectivity index (χ4n) is 3.58. The summed E-state index contributed by atoms with van der Waals surface area (Å²) in [5.74, 6) is 0.370. The number of carbonyl (C=O) groups excluding carboxylic acids is 2. The lowest BCUT2D eigenvalue weighted by Crippen LogP contribution is -2.44. The lowest BCUT2D eigenvalue weighted by molar-refractivity contribution is -0.120. The van der Waals surface area contributed by atoms with Gasteiger partial charge in [-0.25, -0.2) is 4.98 Å². The summed E-state index contributed by atoms with van der Waals surface area (Å²) < 4.78 is 5.83. The monoisotopic (exact) mass is 351 g/mol. The Bertz CT molecular complexity index is 831. The van der Waals surface area contributed by atoms with Crippen molar-refractivity contribution in [3.8, 4) is 11.6 Å². The quantitative estimate of drug-likeness (QED) is 0.921. The van der Waals surface area contributed by atoms with Gasteiger partial charge in [0.15, 0.2) is 0 Å². The second-order valence-electron chi connectivity index (χ2n) is 6.72. The predicted molar refractivity (Wildman–Crippen MR) is 97.4 cm³/mol. The summed E-state index contributed by atoms with van der Waals surface area (Å²) in [6.45, 7) is -0.0499. The van der Waals surface area contributed by atoms with Gasteiger partial charge in [0.1, 0.15) is 18.0 Å². The maximum absolute atomic E-state index is 13.1. The number of hydrogen-bond donors (Lipinski definition) is 1. The van der Waals surface area contributed by atoms with Crippen molar-refractivity contribution in [2.75, 3.05) is 11.4 Å². The number of hydrogen-bond acceptors (Lipinski definition) is 4. The van der Waals surface area contributed by atoms with Crippen molar-refractivity contribution in [2.45, 2.75) is 38.1 Å². The largest absolute Gasteiger partial charge is 0.436 e. The van der Waals surface area contributed by atoms with Crippen molar-refractivity contribution in [3.63, 3.8) is 0 Å². The molecule has 1 N–H and O–H groups in total. The van der Waals surface area contributed by atoms with E-state index in [9.17, 15) is 9.59 Å². The van der Waals surface area contributed by atoms with Gasteiger partial charge in [-0.1, -0.05) is 31.4 Å². The molecule has 2 aliphatic rings. The summed E-state index contributed by atoms with van der Waals surface area (Å²) in [5, 5.41) is 3.07. The third kappa shape index (κ3) is 3.27. The molecule has 1 aromatic heterocycles. The molecule has 0 bridgehead atoms. The van der Waals surface area contributed by atoms with Gasteiger partial charge in [0.05, 0.1) is 5.56 Å². The molecule has 1 aliphatic carbocycles. The predicted octanol–water partition coefficient (Wildman–Crippen LogP) is 3.28. The molecule has 2 aromatic rings. The Labute approximate surface area is 152 Å². The molecule has 1 saturated carbocycles. The number of para-hydroxylation sites is 1. The van der Waals surface area contributed by atoms with Crippen LogP contribution >= 0.6 is 0 Å². The highest BCUT2D eigenvalue weighted by atomic mass is 16.5. The van der Waals surface area contributed by atoms with Crippen molar-refractivity contribution in [1.29, 1.82) is 0 Å². The van der Waals surface area contributed by atoms with E-state index in [0.29, 0.717) is 22.9 Å². The minimum atomic E-state index is -0.258. The van der Waals surface area contributed by atoms with E-state index in [2.05, 4.69) is 10.3 Å². The number of rotatable bonds is 3. The Balaban J connectivity index is 1.61. The van der Waals surface area contributed by atoms with E-state index in [1.165, 1.54) is 11.3 Å². The van der Waals surface area contributed by atoms with Crippen molar-refractivity contribution in [1.82, 2.24) is 10.3 Å². The molecule has 1 aliphatic heterocycles. The van der Waals surface area contributed by atoms with Crippen LogP contribution < -0.4 is 15.0 Å². The van der Waals surface area contributed by atoms with Crippen LogP contribution in [0.5, 0.6) is 11.6 Å². The Hall–Kier alpha value is -2.89. The molecule has 0 unspecified atom stereocenters. The molecule has 134 valence electrons. The Morgan fingerprint density at radius 2 is 1.96 bits per heavy atom. The lowest BCUT2D eigenvalue weighted by atomic mass is 9.95. The molecule has 0 spiro atoms. The fourth-order valence-corrected chi connectivity index (χ4v) is 3.58. The number of anilines is 1. The summed E-state index contributed by atoms with van der Waals surface area (Å²) in [7, 11) is 0. The molecule has 6 heteroatoms. The van der Waals surface area contributed by atoms with E-state index >= 15 is 0 Å². The molecule has 26 heavy (non-hydrogen) atoms. The first-order chi connectivity index (χ1) is 12.7. The van der Waals surface area contributed by atoms with Gasteiger partial charge < -0.3 is 10.1 Å². The highest BCUT2D eigenvalue weighted by molar-refractivity contribution is 6.11. The zero-order valence-electron chi connectivity index (χ0n) is 14.5. The van der Waals surface area contributed by atoms with Crippen LogP contribution in [0.2, 0.25) is 0 Å². The second kappa shape index (κ2) is 7.15. The average Bonchev–Trinajstić information content (AvgIpc) is 2.78. The highest BCUT2D eigenvalue weighted by Crippen LogP contribution is 2.36. The van der Waals surface area contributed by atoms with Crippen LogP contribution in [0.25, 0.3) is 0 Å². The molecule has 0 saturated heterocycles. The van der Waals surface area contributed by atoms with Gasteiger partial charge in [-0.15, -0.1) is 0 Å². The standard InChI is InChI=1S/C20H21N3O3/c24-18(22-14-7-2-1-3-8-14)13-23-16-10-6-12-21-19(16)26-17-11-5-4-9-15(17)20(23)25/h4-6,9-12,14H,1-3,7-8,13H2,(H,22,24). The van der Waals surface area contributed by atoms with Gasteiger partial charge in [0.2, 0.25) is 11.8 Å². The maximum atomic E-state index is 13.1. The molecule has 0 radical (unpaired) electrons. The number of nitrogens with zero attached hydrogens (tertiary/aromatic N) is 2. The van der Waals surface area contributed by atoms with Gasteiger partial charge in [0, 0.05) is 12.2 Å². The fraction of sp³-hybridized carbons (Fsp3) is 0.350. The molecule has 0 atom stereocenters.